The van der Waals surface area contributed by atoms with E-state index in [0.717, 1.165) is 12.0 Å². The first-order valence-electron chi connectivity index (χ1n) is 8.53. The van der Waals surface area contributed by atoms with Gasteiger partial charge in [-0.1, -0.05) is 49.4 Å². The molecule has 0 aromatic heterocycles. The van der Waals surface area contributed by atoms with Crippen molar-refractivity contribution in [2.75, 3.05) is 13.1 Å². The summed E-state index contributed by atoms with van der Waals surface area (Å²) in [5.74, 6) is -0.931. The lowest BCUT2D eigenvalue weighted by Gasteiger charge is -2.35. The van der Waals surface area contributed by atoms with Crippen LogP contribution in [-0.2, 0) is 16.0 Å². The van der Waals surface area contributed by atoms with Crippen LogP contribution in [-0.4, -0.2) is 35.0 Å². The van der Waals surface area contributed by atoms with E-state index in [1.165, 1.54) is 10.8 Å². The summed E-state index contributed by atoms with van der Waals surface area (Å²) in [4.78, 5) is 25.4. The summed E-state index contributed by atoms with van der Waals surface area (Å²) in [5, 5.41) is 11.6. The second-order valence-electron chi connectivity index (χ2n) is 6.73. The van der Waals surface area contributed by atoms with Gasteiger partial charge in [-0.05, 0) is 35.1 Å². The van der Waals surface area contributed by atoms with Crippen molar-refractivity contribution in [3.8, 4) is 0 Å². The number of carbonyl (C=O) groups is 2. The molecule has 126 valence electrons. The van der Waals surface area contributed by atoms with E-state index in [1.54, 1.807) is 0 Å². The number of hydrogen-bond acceptors (Lipinski definition) is 2. The Labute approximate surface area is 142 Å². The maximum Gasteiger partial charge on any atom is 0.306 e. The third-order valence-electron chi connectivity index (χ3n) is 5.02. The number of carbonyl (C=O) groups excluding carboxylic acids is 1. The van der Waals surface area contributed by atoms with Crippen molar-refractivity contribution < 1.29 is 14.7 Å². The molecule has 4 nitrogen and oxygen atoms in total. The van der Waals surface area contributed by atoms with Crippen molar-refractivity contribution in [2.45, 2.75) is 26.2 Å². The van der Waals surface area contributed by atoms with Crippen LogP contribution in [0.4, 0.5) is 0 Å². The van der Waals surface area contributed by atoms with Crippen LogP contribution >= 0.6 is 0 Å². The second-order valence-corrected chi connectivity index (χ2v) is 6.73. The van der Waals surface area contributed by atoms with E-state index < -0.39 is 5.97 Å². The SMILES string of the molecule is CC1CN(C(=O)CCc2ccc3ccccc3c2)CCC1C(=O)O. The van der Waals surface area contributed by atoms with Gasteiger partial charge in [0.1, 0.15) is 0 Å². The molecule has 2 aromatic rings. The van der Waals surface area contributed by atoms with Crippen LogP contribution in [0.15, 0.2) is 42.5 Å². The number of rotatable bonds is 4. The summed E-state index contributed by atoms with van der Waals surface area (Å²) < 4.78 is 0. The minimum absolute atomic E-state index is 0.0147. The zero-order chi connectivity index (χ0) is 17.1. The maximum absolute atomic E-state index is 12.4. The van der Waals surface area contributed by atoms with Gasteiger partial charge in [0.25, 0.3) is 0 Å². The molecule has 2 atom stereocenters. The largest absolute Gasteiger partial charge is 0.481 e. The van der Waals surface area contributed by atoms with Gasteiger partial charge in [0.15, 0.2) is 0 Å². The van der Waals surface area contributed by atoms with Crippen LogP contribution in [0.5, 0.6) is 0 Å². The van der Waals surface area contributed by atoms with Crippen molar-refractivity contribution in [3.63, 3.8) is 0 Å². The van der Waals surface area contributed by atoms with Crippen LogP contribution in [0.3, 0.4) is 0 Å². The fraction of sp³-hybridized carbons (Fsp3) is 0.400. The Kier molecular flexibility index (Phi) is 4.84. The van der Waals surface area contributed by atoms with Crippen molar-refractivity contribution in [2.24, 2.45) is 11.8 Å². The Morgan fingerprint density at radius 1 is 1.17 bits per heavy atom. The van der Waals surface area contributed by atoms with Crippen LogP contribution in [0.25, 0.3) is 10.8 Å². The number of nitrogens with zero attached hydrogens (tertiary/aromatic N) is 1. The average Bonchev–Trinajstić information content (AvgIpc) is 2.59. The molecule has 0 saturated carbocycles. The molecule has 1 aliphatic heterocycles. The highest BCUT2D eigenvalue weighted by atomic mass is 16.4. The van der Waals surface area contributed by atoms with Crippen LogP contribution in [0, 0.1) is 11.8 Å². The molecule has 1 fully saturated rings. The van der Waals surface area contributed by atoms with E-state index in [-0.39, 0.29) is 17.7 Å². The molecule has 1 N–H and O–H groups in total. The molecular weight excluding hydrogens is 302 g/mol. The molecule has 1 saturated heterocycles. The normalized spacial score (nSPS) is 21.0. The molecule has 2 unspecified atom stereocenters. The number of carboxylic acid groups (broad SMARTS) is 1. The van der Waals surface area contributed by atoms with Crippen LogP contribution < -0.4 is 0 Å². The summed E-state index contributed by atoms with van der Waals surface area (Å²) in [6.45, 7) is 3.02. The molecule has 2 aromatic carbocycles. The number of aryl methyl sites for hydroxylation is 1. The molecule has 4 heteroatoms. The van der Waals surface area contributed by atoms with Gasteiger partial charge in [-0.2, -0.15) is 0 Å². The standard InChI is InChI=1S/C20H23NO3/c1-14-13-21(11-10-18(14)20(23)24)19(22)9-7-15-6-8-16-4-2-3-5-17(16)12-15/h2-6,8,12,14,18H,7,9-11,13H2,1H3,(H,23,24). The van der Waals surface area contributed by atoms with Crippen molar-refractivity contribution >= 4 is 22.6 Å². The van der Waals surface area contributed by atoms with Gasteiger partial charge in [-0.25, -0.2) is 0 Å². The molecule has 1 aliphatic rings. The Morgan fingerprint density at radius 3 is 2.62 bits per heavy atom. The molecule has 3 rings (SSSR count). The molecular formula is C20H23NO3. The van der Waals surface area contributed by atoms with Crippen molar-refractivity contribution in [1.29, 1.82) is 0 Å². The summed E-state index contributed by atoms with van der Waals surface area (Å²) >= 11 is 0. The zero-order valence-corrected chi connectivity index (χ0v) is 13.9. The first-order chi connectivity index (χ1) is 11.5. The van der Waals surface area contributed by atoms with E-state index in [1.807, 2.05) is 24.0 Å². The lowest BCUT2D eigenvalue weighted by molar-refractivity contribution is -0.148. The summed E-state index contributed by atoms with van der Waals surface area (Å²) in [5.41, 5.74) is 1.16. The number of hydrogen-bond donors (Lipinski definition) is 1. The molecule has 24 heavy (non-hydrogen) atoms. The fourth-order valence-electron chi connectivity index (χ4n) is 3.54. The van der Waals surface area contributed by atoms with E-state index in [0.29, 0.717) is 25.9 Å². The van der Waals surface area contributed by atoms with Gasteiger partial charge < -0.3 is 10.0 Å². The van der Waals surface area contributed by atoms with E-state index in [2.05, 4.69) is 30.3 Å². The van der Waals surface area contributed by atoms with Gasteiger partial charge in [-0.3, -0.25) is 9.59 Å². The average molecular weight is 325 g/mol. The van der Waals surface area contributed by atoms with Gasteiger partial charge >= 0.3 is 5.97 Å². The lowest BCUT2D eigenvalue weighted by atomic mass is 9.87. The molecule has 1 amide bonds. The minimum atomic E-state index is -0.745. The highest BCUT2D eigenvalue weighted by Gasteiger charge is 2.32. The Balaban J connectivity index is 1.58. The Hall–Kier alpha value is -2.36. The van der Waals surface area contributed by atoms with Crippen molar-refractivity contribution in [3.05, 3.63) is 48.0 Å². The van der Waals surface area contributed by atoms with E-state index >= 15 is 0 Å². The molecule has 1 heterocycles. The first kappa shape index (κ1) is 16.5. The van der Waals surface area contributed by atoms with Gasteiger partial charge in [0.05, 0.1) is 5.92 Å². The summed E-state index contributed by atoms with van der Waals surface area (Å²) in [7, 11) is 0. The van der Waals surface area contributed by atoms with E-state index in [9.17, 15) is 9.59 Å². The number of amides is 1. The van der Waals surface area contributed by atoms with Crippen molar-refractivity contribution in [1.82, 2.24) is 4.90 Å². The van der Waals surface area contributed by atoms with Gasteiger partial charge in [0.2, 0.25) is 5.91 Å². The van der Waals surface area contributed by atoms with Gasteiger partial charge in [-0.15, -0.1) is 0 Å². The fourth-order valence-corrected chi connectivity index (χ4v) is 3.54. The summed E-state index contributed by atoms with van der Waals surface area (Å²) in [6.07, 6.45) is 1.75. The predicted octanol–water partition coefficient (Wildman–Crippen LogP) is 3.34. The lowest BCUT2D eigenvalue weighted by Crippen LogP contribution is -2.45. The topological polar surface area (TPSA) is 57.6 Å². The smallest absolute Gasteiger partial charge is 0.306 e. The first-order valence-corrected chi connectivity index (χ1v) is 8.53. The quantitative estimate of drug-likeness (QED) is 0.938. The Bertz CT molecular complexity index is 755. The molecule has 0 aliphatic carbocycles. The number of piperidine rings is 1. The zero-order valence-electron chi connectivity index (χ0n) is 13.9. The second kappa shape index (κ2) is 7.04. The molecule has 0 radical (unpaired) electrons. The maximum atomic E-state index is 12.4. The Morgan fingerprint density at radius 2 is 1.92 bits per heavy atom. The number of carboxylic acids is 1. The molecule has 0 spiro atoms. The number of likely N-dealkylation sites (tertiary alicyclic amines) is 1. The number of benzene rings is 2. The monoisotopic (exact) mass is 325 g/mol. The predicted molar refractivity (Wildman–Crippen MR) is 93.8 cm³/mol. The third kappa shape index (κ3) is 3.58. The number of fused-ring (bicyclic) bond motifs is 1. The summed E-state index contributed by atoms with van der Waals surface area (Å²) in [6, 6.07) is 14.5. The van der Waals surface area contributed by atoms with Gasteiger partial charge in [0, 0.05) is 19.5 Å². The number of aliphatic carboxylic acids is 1. The highest BCUT2D eigenvalue weighted by Crippen LogP contribution is 2.24. The third-order valence-corrected chi connectivity index (χ3v) is 5.02. The van der Waals surface area contributed by atoms with Crippen LogP contribution in [0.2, 0.25) is 0 Å². The van der Waals surface area contributed by atoms with E-state index in [4.69, 9.17) is 5.11 Å². The molecule has 0 bridgehead atoms. The highest BCUT2D eigenvalue weighted by molar-refractivity contribution is 5.83. The van der Waals surface area contributed by atoms with Crippen LogP contribution in [0.1, 0.15) is 25.3 Å². The minimum Gasteiger partial charge on any atom is -0.481 e.